The van der Waals surface area contributed by atoms with E-state index in [2.05, 4.69) is 10.6 Å². The highest BCUT2D eigenvalue weighted by Crippen LogP contribution is 2.26. The molecule has 1 atom stereocenters. The second kappa shape index (κ2) is 9.39. The zero-order valence-electron chi connectivity index (χ0n) is 13.6. The van der Waals surface area contributed by atoms with E-state index in [-0.39, 0.29) is 17.7 Å². The minimum absolute atomic E-state index is 0.0434. The number of rotatable bonds is 7. The van der Waals surface area contributed by atoms with Crippen molar-refractivity contribution in [2.75, 3.05) is 32.2 Å². The smallest absolute Gasteiger partial charge is 0.319 e. The first-order chi connectivity index (χ1) is 11.6. The minimum atomic E-state index is -1.06. The lowest BCUT2D eigenvalue weighted by molar-refractivity contribution is -0.162. The second-order valence-corrected chi connectivity index (χ2v) is 5.37. The summed E-state index contributed by atoms with van der Waals surface area (Å²) in [5.74, 6) is -2.06. The Bertz CT molecular complexity index is 551. The summed E-state index contributed by atoms with van der Waals surface area (Å²) in [4.78, 5) is 11.8. The van der Waals surface area contributed by atoms with E-state index in [9.17, 15) is 13.6 Å². The van der Waals surface area contributed by atoms with Gasteiger partial charge in [0.1, 0.15) is 5.75 Å². The van der Waals surface area contributed by atoms with Crippen molar-refractivity contribution in [1.82, 2.24) is 5.32 Å². The predicted molar refractivity (Wildman–Crippen MR) is 84.1 cm³/mol. The summed E-state index contributed by atoms with van der Waals surface area (Å²) in [7, 11) is 1.31. The normalized spacial score (nSPS) is 17.4. The van der Waals surface area contributed by atoms with Crippen LogP contribution in [-0.2, 0) is 9.47 Å². The molecule has 2 N–H and O–H groups in total. The fraction of sp³-hybridized carbons (Fsp3) is 0.562. The van der Waals surface area contributed by atoms with E-state index >= 15 is 0 Å². The zero-order chi connectivity index (χ0) is 17.4. The first kappa shape index (κ1) is 18.4. The molecule has 0 unspecified atom stereocenters. The summed E-state index contributed by atoms with van der Waals surface area (Å²) in [6, 6.07) is 1.22. The molecular formula is C16H22F2N2O4. The highest BCUT2D eigenvalue weighted by molar-refractivity contribution is 5.90. The van der Waals surface area contributed by atoms with Crippen molar-refractivity contribution in [3.05, 3.63) is 23.8 Å². The maximum Gasteiger partial charge on any atom is 0.319 e. The summed E-state index contributed by atoms with van der Waals surface area (Å²) in [5, 5.41) is 5.03. The summed E-state index contributed by atoms with van der Waals surface area (Å²) in [6.07, 6.45) is 3.52. The highest BCUT2D eigenvalue weighted by atomic mass is 19.2. The number of ether oxygens (including phenoxy) is 3. The lowest BCUT2D eigenvalue weighted by atomic mass is 10.2. The average Bonchev–Trinajstić information content (AvgIpc) is 2.58. The van der Waals surface area contributed by atoms with Crippen molar-refractivity contribution in [2.45, 2.75) is 32.0 Å². The van der Waals surface area contributed by atoms with Crippen LogP contribution in [0.25, 0.3) is 0 Å². The van der Waals surface area contributed by atoms with Crippen molar-refractivity contribution in [2.24, 2.45) is 0 Å². The Kier molecular flexibility index (Phi) is 7.20. The minimum Gasteiger partial charge on any atom is -0.494 e. The molecule has 1 aromatic carbocycles. The maximum absolute atomic E-state index is 13.2. The molecule has 1 heterocycles. The monoisotopic (exact) mass is 344 g/mol. The number of carbonyl (C=O) groups excluding carboxylic acids is 1. The van der Waals surface area contributed by atoms with Gasteiger partial charge in [-0.25, -0.2) is 13.6 Å². The van der Waals surface area contributed by atoms with E-state index < -0.39 is 17.7 Å². The fourth-order valence-corrected chi connectivity index (χ4v) is 2.29. The van der Waals surface area contributed by atoms with Crippen LogP contribution in [0.5, 0.6) is 5.75 Å². The molecule has 0 spiro atoms. The number of benzene rings is 1. The number of methoxy groups -OCH3 is 1. The number of halogens is 2. The average molecular weight is 344 g/mol. The van der Waals surface area contributed by atoms with Crippen molar-refractivity contribution < 1.29 is 27.8 Å². The third-order valence-electron chi connectivity index (χ3n) is 3.54. The van der Waals surface area contributed by atoms with Gasteiger partial charge in [-0.2, -0.15) is 0 Å². The van der Waals surface area contributed by atoms with Crippen LogP contribution in [-0.4, -0.2) is 39.2 Å². The van der Waals surface area contributed by atoms with Crippen molar-refractivity contribution in [3.8, 4) is 5.75 Å². The Morgan fingerprint density at radius 3 is 2.83 bits per heavy atom. The molecule has 1 saturated heterocycles. The molecule has 1 aromatic rings. The highest BCUT2D eigenvalue weighted by Gasteiger charge is 2.14. The maximum atomic E-state index is 13.2. The third-order valence-corrected chi connectivity index (χ3v) is 3.54. The first-order valence-electron chi connectivity index (χ1n) is 7.91. The van der Waals surface area contributed by atoms with Gasteiger partial charge in [-0.3, -0.25) is 0 Å². The number of hydrogen-bond donors (Lipinski definition) is 2. The number of anilines is 1. The van der Waals surface area contributed by atoms with Crippen LogP contribution in [0, 0.1) is 11.6 Å². The molecule has 2 rings (SSSR count). The summed E-state index contributed by atoms with van der Waals surface area (Å²) in [5.41, 5.74) is 0.0563. The van der Waals surface area contributed by atoms with Gasteiger partial charge in [-0.1, -0.05) is 0 Å². The van der Waals surface area contributed by atoms with Crippen molar-refractivity contribution in [3.63, 3.8) is 0 Å². The van der Waals surface area contributed by atoms with E-state index in [0.717, 1.165) is 38.0 Å². The molecule has 2 amide bonds. The Balaban J connectivity index is 1.68. The van der Waals surface area contributed by atoms with Crippen molar-refractivity contribution >= 4 is 11.7 Å². The molecule has 0 bridgehead atoms. The standard InChI is InChI=1S/C16H22F2N2O4/c1-22-14-10-12(18)11(17)9-13(14)20-16(21)19-6-4-8-24-15-5-2-3-7-23-15/h9-10,15H,2-8H2,1H3,(H2,19,20,21)/t15-/m1/s1. The molecule has 1 fully saturated rings. The van der Waals surface area contributed by atoms with Gasteiger partial charge >= 0.3 is 6.03 Å². The predicted octanol–water partition coefficient (Wildman–Crippen LogP) is 3.03. The molecule has 8 heteroatoms. The second-order valence-electron chi connectivity index (χ2n) is 5.37. The molecule has 0 saturated carbocycles. The van der Waals surface area contributed by atoms with Crippen LogP contribution in [0.2, 0.25) is 0 Å². The quantitative estimate of drug-likeness (QED) is 0.746. The molecule has 0 aromatic heterocycles. The molecule has 6 nitrogen and oxygen atoms in total. The molecule has 134 valence electrons. The number of urea groups is 1. The first-order valence-corrected chi connectivity index (χ1v) is 7.91. The van der Waals surface area contributed by atoms with Crippen LogP contribution in [0.4, 0.5) is 19.3 Å². The lowest BCUT2D eigenvalue weighted by Gasteiger charge is -2.22. The SMILES string of the molecule is COc1cc(F)c(F)cc1NC(=O)NCCCO[C@@H]1CCCCO1. The lowest BCUT2D eigenvalue weighted by Crippen LogP contribution is -2.31. The van der Waals surface area contributed by atoms with Crippen LogP contribution in [0.15, 0.2) is 12.1 Å². The van der Waals surface area contributed by atoms with E-state index in [4.69, 9.17) is 14.2 Å². The zero-order valence-corrected chi connectivity index (χ0v) is 13.6. The van der Waals surface area contributed by atoms with Crippen LogP contribution >= 0.6 is 0 Å². The largest absolute Gasteiger partial charge is 0.494 e. The Hall–Kier alpha value is -1.93. The molecule has 24 heavy (non-hydrogen) atoms. The molecule has 0 aliphatic carbocycles. The number of amides is 2. The van der Waals surface area contributed by atoms with Gasteiger partial charge in [0.15, 0.2) is 17.9 Å². The van der Waals surface area contributed by atoms with Crippen molar-refractivity contribution in [1.29, 1.82) is 0 Å². The molecule has 0 radical (unpaired) electrons. The summed E-state index contributed by atoms with van der Waals surface area (Å²) in [6.45, 7) is 1.57. The van der Waals surface area contributed by atoms with Crippen LogP contribution in [0.3, 0.4) is 0 Å². The van der Waals surface area contributed by atoms with E-state index in [1.165, 1.54) is 7.11 Å². The van der Waals surface area contributed by atoms with Gasteiger partial charge in [0.05, 0.1) is 19.4 Å². The fourth-order valence-electron chi connectivity index (χ4n) is 2.29. The molecule has 1 aliphatic rings. The summed E-state index contributed by atoms with van der Waals surface area (Å²) < 4.78 is 42.2. The van der Waals surface area contributed by atoms with E-state index in [1.807, 2.05) is 0 Å². The van der Waals surface area contributed by atoms with Crippen LogP contribution < -0.4 is 15.4 Å². The van der Waals surface area contributed by atoms with Gasteiger partial charge in [-0.05, 0) is 25.7 Å². The molecule has 1 aliphatic heterocycles. The topological polar surface area (TPSA) is 68.8 Å². The van der Waals surface area contributed by atoms with Gasteiger partial charge in [0.25, 0.3) is 0 Å². The van der Waals surface area contributed by atoms with Crippen LogP contribution in [0.1, 0.15) is 25.7 Å². The Morgan fingerprint density at radius 2 is 2.12 bits per heavy atom. The Labute approximate surface area is 139 Å². The number of carbonyl (C=O) groups is 1. The molecular weight excluding hydrogens is 322 g/mol. The van der Waals surface area contributed by atoms with Gasteiger partial charge in [-0.15, -0.1) is 0 Å². The number of nitrogens with one attached hydrogen (secondary N) is 2. The summed E-state index contributed by atoms with van der Waals surface area (Å²) >= 11 is 0. The van der Waals surface area contributed by atoms with Gasteiger partial charge in [0, 0.05) is 25.3 Å². The van der Waals surface area contributed by atoms with E-state index in [1.54, 1.807) is 0 Å². The van der Waals surface area contributed by atoms with E-state index in [0.29, 0.717) is 19.6 Å². The Morgan fingerprint density at radius 1 is 1.33 bits per heavy atom. The third kappa shape index (κ3) is 5.61. The number of hydrogen-bond acceptors (Lipinski definition) is 4. The van der Waals surface area contributed by atoms with Gasteiger partial charge in [0.2, 0.25) is 0 Å². The van der Waals surface area contributed by atoms with Gasteiger partial charge < -0.3 is 24.8 Å².